The van der Waals surface area contributed by atoms with Gasteiger partial charge in [0.2, 0.25) is 11.8 Å². The number of methoxy groups -OCH3 is 1. The van der Waals surface area contributed by atoms with E-state index in [2.05, 4.69) is 10.3 Å². The lowest BCUT2D eigenvalue weighted by atomic mass is 10.2. The maximum Gasteiger partial charge on any atom is 0.250 e. The van der Waals surface area contributed by atoms with Gasteiger partial charge in [0.1, 0.15) is 12.4 Å². The number of rotatable bonds is 4. The van der Waals surface area contributed by atoms with Crippen LogP contribution in [0.3, 0.4) is 0 Å². The first-order chi connectivity index (χ1) is 9.10. The molecule has 0 aliphatic rings. The molecule has 2 rings (SSSR count). The number of aryl methyl sites for hydroxylation is 2. The third kappa shape index (κ3) is 3.20. The molecule has 0 spiro atoms. The van der Waals surface area contributed by atoms with Gasteiger partial charge in [-0.3, -0.25) is 4.79 Å². The third-order valence-electron chi connectivity index (χ3n) is 2.72. The zero-order valence-electron chi connectivity index (χ0n) is 11.2. The smallest absolute Gasteiger partial charge is 0.250 e. The number of hydrogen-bond acceptors (Lipinski definition) is 4. The average molecular weight is 260 g/mol. The molecule has 1 N–H and O–H groups in total. The molecule has 0 bridgehead atoms. The largest absolute Gasteiger partial charge is 0.441 e. The van der Waals surface area contributed by atoms with E-state index in [1.165, 1.54) is 7.11 Å². The first-order valence-corrected chi connectivity index (χ1v) is 5.93. The Balaban J connectivity index is 2.12. The second-order valence-corrected chi connectivity index (χ2v) is 4.22. The van der Waals surface area contributed by atoms with Crippen molar-refractivity contribution in [1.82, 2.24) is 4.98 Å². The SMILES string of the molecule is COCC(=O)Nc1ccc(-c2nc(C)c(C)o2)cc1. The summed E-state index contributed by atoms with van der Waals surface area (Å²) < 4.78 is 10.3. The third-order valence-corrected chi connectivity index (χ3v) is 2.72. The molecule has 0 radical (unpaired) electrons. The van der Waals surface area contributed by atoms with Crippen LogP contribution in [0.4, 0.5) is 5.69 Å². The maximum atomic E-state index is 11.3. The molecular weight excluding hydrogens is 244 g/mol. The van der Waals surface area contributed by atoms with Crippen molar-refractivity contribution in [3.05, 3.63) is 35.7 Å². The Bertz CT molecular complexity index is 553. The van der Waals surface area contributed by atoms with Crippen LogP contribution in [0.2, 0.25) is 0 Å². The Morgan fingerprint density at radius 1 is 1.32 bits per heavy atom. The highest BCUT2D eigenvalue weighted by molar-refractivity contribution is 5.91. The zero-order valence-corrected chi connectivity index (χ0v) is 11.2. The fourth-order valence-corrected chi connectivity index (χ4v) is 1.62. The van der Waals surface area contributed by atoms with Crippen molar-refractivity contribution in [3.63, 3.8) is 0 Å². The molecule has 5 nitrogen and oxygen atoms in total. The van der Waals surface area contributed by atoms with E-state index in [-0.39, 0.29) is 12.5 Å². The van der Waals surface area contributed by atoms with Gasteiger partial charge in [-0.15, -0.1) is 0 Å². The predicted molar refractivity (Wildman–Crippen MR) is 71.9 cm³/mol. The Labute approximate surface area is 111 Å². The molecule has 5 heteroatoms. The number of amides is 1. The number of benzene rings is 1. The first kappa shape index (κ1) is 13.3. The molecule has 0 saturated heterocycles. The molecule has 1 heterocycles. The Morgan fingerprint density at radius 2 is 2.00 bits per heavy atom. The molecule has 1 aromatic heterocycles. The highest BCUT2D eigenvalue weighted by atomic mass is 16.5. The molecule has 0 aliphatic carbocycles. The lowest BCUT2D eigenvalue weighted by Gasteiger charge is -2.04. The van der Waals surface area contributed by atoms with Crippen LogP contribution in [0.5, 0.6) is 0 Å². The monoisotopic (exact) mass is 260 g/mol. The quantitative estimate of drug-likeness (QED) is 0.917. The molecule has 0 aliphatic heterocycles. The van der Waals surface area contributed by atoms with Crippen LogP contribution >= 0.6 is 0 Å². The molecule has 19 heavy (non-hydrogen) atoms. The van der Waals surface area contributed by atoms with Crippen LogP contribution < -0.4 is 5.32 Å². The van der Waals surface area contributed by atoms with Gasteiger partial charge in [0, 0.05) is 18.4 Å². The number of aromatic nitrogens is 1. The molecule has 1 amide bonds. The Hall–Kier alpha value is -2.14. The summed E-state index contributed by atoms with van der Waals surface area (Å²) in [6, 6.07) is 7.32. The van der Waals surface area contributed by atoms with E-state index in [1.807, 2.05) is 26.0 Å². The number of nitrogens with zero attached hydrogens (tertiary/aromatic N) is 1. The first-order valence-electron chi connectivity index (χ1n) is 5.93. The number of carbonyl (C=O) groups is 1. The zero-order chi connectivity index (χ0) is 13.8. The van der Waals surface area contributed by atoms with Gasteiger partial charge < -0.3 is 14.5 Å². The van der Waals surface area contributed by atoms with Crippen molar-refractivity contribution in [3.8, 4) is 11.5 Å². The highest BCUT2D eigenvalue weighted by Gasteiger charge is 2.08. The van der Waals surface area contributed by atoms with Crippen LogP contribution in [0, 0.1) is 13.8 Å². The van der Waals surface area contributed by atoms with Gasteiger partial charge >= 0.3 is 0 Å². The highest BCUT2D eigenvalue weighted by Crippen LogP contribution is 2.22. The van der Waals surface area contributed by atoms with Gasteiger partial charge in [-0.25, -0.2) is 4.98 Å². The molecule has 0 fully saturated rings. The van der Waals surface area contributed by atoms with Crippen LogP contribution in [0.25, 0.3) is 11.5 Å². The molecular formula is C14H16N2O3. The summed E-state index contributed by atoms with van der Waals surface area (Å²) in [5, 5.41) is 2.72. The van der Waals surface area contributed by atoms with Crippen LogP contribution in [0.1, 0.15) is 11.5 Å². The Morgan fingerprint density at radius 3 is 2.53 bits per heavy atom. The summed E-state index contributed by atoms with van der Waals surface area (Å²) in [6.45, 7) is 3.83. The summed E-state index contributed by atoms with van der Waals surface area (Å²) in [5.41, 5.74) is 2.47. The minimum atomic E-state index is -0.182. The predicted octanol–water partition coefficient (Wildman–Crippen LogP) is 2.54. The van der Waals surface area contributed by atoms with Crippen LogP contribution in [-0.4, -0.2) is 24.6 Å². The van der Waals surface area contributed by atoms with E-state index >= 15 is 0 Å². The summed E-state index contributed by atoms with van der Waals surface area (Å²) >= 11 is 0. The average Bonchev–Trinajstić information content (AvgIpc) is 2.71. The summed E-state index contributed by atoms with van der Waals surface area (Å²) in [5.74, 6) is 1.22. The van der Waals surface area contributed by atoms with Gasteiger partial charge in [-0.05, 0) is 38.1 Å². The standard InChI is InChI=1S/C14H16N2O3/c1-9-10(2)19-14(15-9)11-4-6-12(7-5-11)16-13(17)8-18-3/h4-7H,8H2,1-3H3,(H,16,17). The van der Waals surface area contributed by atoms with E-state index in [4.69, 9.17) is 9.15 Å². The van der Waals surface area contributed by atoms with E-state index < -0.39 is 0 Å². The van der Waals surface area contributed by atoms with Crippen molar-refractivity contribution in [2.24, 2.45) is 0 Å². The van der Waals surface area contributed by atoms with Crippen molar-refractivity contribution >= 4 is 11.6 Å². The van der Waals surface area contributed by atoms with Gasteiger partial charge in [0.15, 0.2) is 0 Å². The molecule has 100 valence electrons. The molecule has 2 aromatic rings. The number of nitrogens with one attached hydrogen (secondary N) is 1. The molecule has 0 saturated carbocycles. The fraction of sp³-hybridized carbons (Fsp3) is 0.286. The van der Waals surface area contributed by atoms with E-state index in [9.17, 15) is 4.79 Å². The van der Waals surface area contributed by atoms with Crippen molar-refractivity contribution in [1.29, 1.82) is 0 Å². The van der Waals surface area contributed by atoms with E-state index in [0.717, 1.165) is 17.0 Å². The van der Waals surface area contributed by atoms with Gasteiger partial charge in [-0.1, -0.05) is 0 Å². The second-order valence-electron chi connectivity index (χ2n) is 4.22. The van der Waals surface area contributed by atoms with Gasteiger partial charge in [0.25, 0.3) is 0 Å². The second kappa shape index (κ2) is 5.67. The minimum Gasteiger partial charge on any atom is -0.441 e. The van der Waals surface area contributed by atoms with Crippen molar-refractivity contribution in [2.75, 3.05) is 19.0 Å². The van der Waals surface area contributed by atoms with E-state index in [0.29, 0.717) is 11.6 Å². The van der Waals surface area contributed by atoms with Gasteiger partial charge in [-0.2, -0.15) is 0 Å². The molecule has 0 atom stereocenters. The number of carbonyl (C=O) groups excluding carboxylic acids is 1. The fourth-order valence-electron chi connectivity index (χ4n) is 1.62. The summed E-state index contributed by atoms with van der Waals surface area (Å²) in [7, 11) is 1.48. The number of hydrogen-bond donors (Lipinski definition) is 1. The summed E-state index contributed by atoms with van der Waals surface area (Å²) in [6.07, 6.45) is 0. The Kier molecular flexibility index (Phi) is 3.97. The minimum absolute atomic E-state index is 0.0415. The van der Waals surface area contributed by atoms with E-state index in [1.54, 1.807) is 12.1 Å². The lowest BCUT2D eigenvalue weighted by molar-refractivity contribution is -0.119. The summed E-state index contributed by atoms with van der Waals surface area (Å²) in [4.78, 5) is 15.7. The van der Waals surface area contributed by atoms with Crippen molar-refractivity contribution in [2.45, 2.75) is 13.8 Å². The van der Waals surface area contributed by atoms with Crippen LogP contribution in [0.15, 0.2) is 28.7 Å². The number of oxazole rings is 1. The maximum absolute atomic E-state index is 11.3. The van der Waals surface area contributed by atoms with Crippen molar-refractivity contribution < 1.29 is 13.9 Å². The number of ether oxygens (including phenoxy) is 1. The lowest BCUT2D eigenvalue weighted by Crippen LogP contribution is -2.16. The van der Waals surface area contributed by atoms with Crippen LogP contribution in [-0.2, 0) is 9.53 Å². The molecule has 1 aromatic carbocycles. The van der Waals surface area contributed by atoms with Gasteiger partial charge in [0.05, 0.1) is 5.69 Å². The molecule has 0 unspecified atom stereocenters. The normalized spacial score (nSPS) is 10.5. The topological polar surface area (TPSA) is 64.4 Å². The number of anilines is 1.